The van der Waals surface area contributed by atoms with E-state index in [1.807, 2.05) is 0 Å². The molecule has 11 heavy (non-hydrogen) atoms. The van der Waals surface area contributed by atoms with Gasteiger partial charge in [-0.05, 0) is 0 Å². The van der Waals surface area contributed by atoms with Gasteiger partial charge < -0.3 is 0 Å². The highest BCUT2D eigenvalue weighted by Gasteiger charge is 2.43. The Labute approximate surface area is 100.0 Å². The topological polar surface area (TPSA) is 0 Å². The Morgan fingerprint density at radius 3 is 1.27 bits per heavy atom. The van der Waals surface area contributed by atoms with Gasteiger partial charge in [-0.25, -0.2) is 0 Å². The Hall–Kier alpha value is 2.03. The van der Waals surface area contributed by atoms with Crippen molar-refractivity contribution in [3.05, 3.63) is 0 Å². The minimum Gasteiger partial charge on any atom is -0.117 e. The van der Waals surface area contributed by atoms with Gasteiger partial charge in [0.25, 0.3) is 0 Å². The quantitative estimate of drug-likeness (QED) is 0.679. The van der Waals surface area contributed by atoms with Gasteiger partial charge in [-0.15, -0.1) is 58.0 Å². The molecular formula is C4H3Cl7. The van der Waals surface area contributed by atoms with Crippen molar-refractivity contribution in [3.63, 3.8) is 0 Å². The summed E-state index contributed by atoms with van der Waals surface area (Å²) in [4.78, 5) is -1.97. The Morgan fingerprint density at radius 1 is 0.818 bits per heavy atom. The minimum absolute atomic E-state index is 0.922. The molecule has 0 aromatic heterocycles. The van der Waals surface area contributed by atoms with Gasteiger partial charge in [-0.1, -0.05) is 23.2 Å². The van der Waals surface area contributed by atoms with Crippen molar-refractivity contribution >= 4 is 81.2 Å². The SMILES string of the molecule is ClC(Cl)C(Cl)C(Cl)(Cl)C(Cl)Cl. The first kappa shape index (κ1) is 13.0. The normalized spacial score (nSPS) is 16.1. The molecule has 1 unspecified atom stereocenters. The maximum atomic E-state index is 5.62. The molecule has 0 bridgehead atoms. The first-order valence-electron chi connectivity index (χ1n) is 2.38. The monoisotopic (exact) mass is 296 g/mol. The average Bonchev–Trinajstić information content (AvgIpc) is 1.85. The van der Waals surface area contributed by atoms with E-state index in [0.717, 1.165) is 0 Å². The molecule has 0 saturated heterocycles. The molecule has 0 aliphatic carbocycles. The van der Waals surface area contributed by atoms with E-state index in [4.69, 9.17) is 81.2 Å². The first-order valence-corrected chi connectivity index (χ1v) is 5.32. The Morgan fingerprint density at radius 2 is 1.18 bits per heavy atom. The van der Waals surface area contributed by atoms with Crippen molar-refractivity contribution in [2.75, 3.05) is 0 Å². The smallest absolute Gasteiger partial charge is 0.117 e. The molecule has 0 N–H and O–H groups in total. The number of alkyl halides is 7. The fourth-order valence-electron chi connectivity index (χ4n) is 0.288. The summed E-state index contributed by atoms with van der Waals surface area (Å²) in [5.41, 5.74) is 0. The maximum absolute atomic E-state index is 5.62. The van der Waals surface area contributed by atoms with Crippen LogP contribution in [0, 0.1) is 0 Å². The zero-order valence-corrected chi connectivity index (χ0v) is 10.2. The predicted octanol–water partition coefficient (Wildman–Crippen LogP) is 4.38. The van der Waals surface area contributed by atoms with Gasteiger partial charge in [0, 0.05) is 0 Å². The summed E-state index contributed by atoms with van der Waals surface area (Å²) < 4.78 is -1.54. The molecule has 1 atom stereocenters. The fourth-order valence-corrected chi connectivity index (χ4v) is 1.72. The van der Waals surface area contributed by atoms with E-state index >= 15 is 0 Å². The highest BCUT2D eigenvalue weighted by Crippen LogP contribution is 2.41. The van der Waals surface area contributed by atoms with Crippen LogP contribution in [0.2, 0.25) is 0 Å². The van der Waals surface area contributed by atoms with E-state index < -0.39 is 19.4 Å². The molecule has 0 aromatic rings. The van der Waals surface area contributed by atoms with Gasteiger partial charge >= 0.3 is 0 Å². The van der Waals surface area contributed by atoms with Gasteiger partial charge in [0.2, 0.25) is 0 Å². The average molecular weight is 299 g/mol. The lowest BCUT2D eigenvalue weighted by Crippen LogP contribution is -2.37. The Bertz CT molecular complexity index is 120. The summed E-state index contributed by atoms with van der Waals surface area (Å²) in [7, 11) is 0. The molecular weight excluding hydrogens is 296 g/mol. The molecule has 0 rings (SSSR count). The van der Waals surface area contributed by atoms with E-state index in [1.165, 1.54) is 0 Å². The predicted molar refractivity (Wildman–Crippen MR) is 55.1 cm³/mol. The van der Waals surface area contributed by atoms with Gasteiger partial charge in [-0.2, -0.15) is 0 Å². The molecule has 0 amide bonds. The van der Waals surface area contributed by atoms with Crippen LogP contribution in [-0.4, -0.2) is 19.4 Å². The zero-order valence-electron chi connectivity index (χ0n) is 4.88. The molecule has 0 saturated carbocycles. The van der Waals surface area contributed by atoms with Crippen LogP contribution in [0.25, 0.3) is 0 Å². The lowest BCUT2D eigenvalue weighted by atomic mass is 10.3. The lowest BCUT2D eigenvalue weighted by Gasteiger charge is -2.26. The summed E-state index contributed by atoms with van der Waals surface area (Å²) in [6.07, 6.45) is 0. The van der Waals surface area contributed by atoms with E-state index in [0.29, 0.717) is 0 Å². The molecule has 0 radical (unpaired) electrons. The molecule has 0 nitrogen and oxygen atoms in total. The van der Waals surface area contributed by atoms with Crippen molar-refractivity contribution in [3.8, 4) is 0 Å². The van der Waals surface area contributed by atoms with Crippen molar-refractivity contribution in [2.45, 2.75) is 19.4 Å². The third kappa shape index (κ3) is 3.72. The van der Waals surface area contributed by atoms with Crippen LogP contribution in [0.1, 0.15) is 0 Å². The fraction of sp³-hybridized carbons (Fsp3) is 1.00. The molecule has 0 spiro atoms. The van der Waals surface area contributed by atoms with Crippen LogP contribution in [0.15, 0.2) is 0 Å². The maximum Gasteiger partial charge on any atom is 0.166 e. The van der Waals surface area contributed by atoms with Crippen molar-refractivity contribution in [1.82, 2.24) is 0 Å². The number of halogens is 7. The molecule has 0 heterocycles. The number of hydrogen-bond acceptors (Lipinski definition) is 0. The third-order valence-corrected chi connectivity index (χ3v) is 4.50. The molecule has 7 heteroatoms. The van der Waals surface area contributed by atoms with Gasteiger partial charge in [0.05, 0.1) is 5.38 Å². The van der Waals surface area contributed by atoms with Crippen LogP contribution in [0.4, 0.5) is 0 Å². The van der Waals surface area contributed by atoms with Crippen LogP contribution in [0.5, 0.6) is 0 Å². The first-order chi connectivity index (χ1) is 4.80. The van der Waals surface area contributed by atoms with Crippen molar-refractivity contribution < 1.29 is 0 Å². The second-order valence-electron chi connectivity index (χ2n) is 1.71. The van der Waals surface area contributed by atoms with E-state index in [1.54, 1.807) is 0 Å². The van der Waals surface area contributed by atoms with Crippen LogP contribution >= 0.6 is 81.2 Å². The van der Waals surface area contributed by atoms with Crippen LogP contribution in [-0.2, 0) is 0 Å². The molecule has 0 aliphatic heterocycles. The standard InChI is InChI=1S/C4H3Cl7/c5-1(2(6)7)4(10,11)3(8)9/h1-3H. The summed E-state index contributed by atoms with van der Waals surface area (Å²) >= 11 is 38.5. The van der Waals surface area contributed by atoms with E-state index in [-0.39, 0.29) is 0 Å². The Balaban J connectivity index is 4.29. The summed E-state index contributed by atoms with van der Waals surface area (Å²) in [6, 6.07) is 0. The van der Waals surface area contributed by atoms with Gasteiger partial charge in [0.1, 0.15) is 9.67 Å². The summed E-state index contributed by atoms with van der Waals surface area (Å²) in [5, 5.41) is -0.922. The highest BCUT2D eigenvalue weighted by molar-refractivity contribution is 6.63. The van der Waals surface area contributed by atoms with E-state index in [2.05, 4.69) is 0 Å². The molecule has 0 fully saturated rings. The lowest BCUT2D eigenvalue weighted by molar-refractivity contribution is 0.787. The largest absolute Gasteiger partial charge is 0.166 e. The molecule has 0 aromatic carbocycles. The van der Waals surface area contributed by atoms with Crippen molar-refractivity contribution in [2.24, 2.45) is 0 Å². The number of hydrogen-bond donors (Lipinski definition) is 0. The number of rotatable bonds is 3. The van der Waals surface area contributed by atoms with Gasteiger partial charge in [0.15, 0.2) is 4.33 Å². The van der Waals surface area contributed by atoms with Crippen LogP contribution < -0.4 is 0 Å². The Kier molecular flexibility index (Phi) is 5.98. The highest BCUT2D eigenvalue weighted by atomic mass is 35.5. The van der Waals surface area contributed by atoms with Crippen LogP contribution in [0.3, 0.4) is 0 Å². The molecule has 68 valence electrons. The zero-order chi connectivity index (χ0) is 9.23. The van der Waals surface area contributed by atoms with Crippen molar-refractivity contribution in [1.29, 1.82) is 0 Å². The molecule has 0 aliphatic rings. The summed E-state index contributed by atoms with van der Waals surface area (Å²) in [5.74, 6) is 0. The summed E-state index contributed by atoms with van der Waals surface area (Å²) in [6.45, 7) is 0. The second-order valence-corrected chi connectivity index (χ2v) is 5.89. The second kappa shape index (κ2) is 5.05. The minimum atomic E-state index is -1.54. The van der Waals surface area contributed by atoms with E-state index in [9.17, 15) is 0 Å². The third-order valence-electron chi connectivity index (χ3n) is 0.880. The van der Waals surface area contributed by atoms with Gasteiger partial charge in [-0.3, -0.25) is 0 Å².